The van der Waals surface area contributed by atoms with Crippen molar-refractivity contribution in [1.29, 1.82) is 0 Å². The second kappa shape index (κ2) is 6.73. The molecule has 0 aliphatic rings. The summed E-state index contributed by atoms with van der Waals surface area (Å²) in [6.45, 7) is 2.17. The molecule has 0 saturated carbocycles. The minimum absolute atomic E-state index is 0.0532. The van der Waals surface area contributed by atoms with Crippen molar-refractivity contribution in [2.24, 2.45) is 5.73 Å². The number of ether oxygens (including phenoxy) is 1. The maximum Gasteiger partial charge on any atom is 0.142 e. The molecule has 2 nitrogen and oxygen atoms in total. The average molecular weight is 294 g/mol. The van der Waals surface area contributed by atoms with Crippen molar-refractivity contribution in [1.82, 2.24) is 0 Å². The van der Waals surface area contributed by atoms with Crippen molar-refractivity contribution in [3.63, 3.8) is 0 Å². The number of benzene rings is 2. The zero-order valence-corrected chi connectivity index (χ0v) is 12.0. The van der Waals surface area contributed by atoms with E-state index < -0.39 is 5.82 Å². The molecule has 0 heterocycles. The van der Waals surface area contributed by atoms with Crippen molar-refractivity contribution in [3.8, 4) is 5.75 Å². The first-order valence-corrected chi connectivity index (χ1v) is 6.85. The smallest absolute Gasteiger partial charge is 0.142 e. The first-order chi connectivity index (χ1) is 9.58. The Kier molecular flexibility index (Phi) is 4.99. The molecule has 0 spiro atoms. The Balaban J connectivity index is 2.13. The molecule has 0 amide bonds. The maximum atomic E-state index is 13.4. The summed E-state index contributed by atoms with van der Waals surface area (Å²) in [6, 6.07) is 12.4. The number of halogens is 2. The molecule has 1 atom stereocenters. The molecule has 0 fully saturated rings. The Morgan fingerprint density at radius 1 is 1.15 bits per heavy atom. The average Bonchev–Trinajstić information content (AvgIpc) is 2.41. The highest BCUT2D eigenvalue weighted by molar-refractivity contribution is 6.31. The van der Waals surface area contributed by atoms with E-state index in [0.29, 0.717) is 5.56 Å². The minimum Gasteiger partial charge on any atom is -0.489 e. The zero-order chi connectivity index (χ0) is 14.5. The lowest BCUT2D eigenvalue weighted by molar-refractivity contribution is 0.302. The van der Waals surface area contributed by atoms with Crippen molar-refractivity contribution >= 4 is 11.6 Å². The van der Waals surface area contributed by atoms with Gasteiger partial charge in [0, 0.05) is 11.6 Å². The van der Waals surface area contributed by atoms with E-state index in [1.165, 1.54) is 6.07 Å². The zero-order valence-electron chi connectivity index (χ0n) is 11.3. The van der Waals surface area contributed by atoms with Gasteiger partial charge in [0.2, 0.25) is 0 Å². The minimum atomic E-state index is -0.434. The molecule has 2 rings (SSSR count). The molecule has 2 aromatic rings. The van der Waals surface area contributed by atoms with Crippen LogP contribution >= 0.6 is 11.6 Å². The molecule has 0 aliphatic carbocycles. The summed E-state index contributed by atoms with van der Waals surface area (Å²) in [5, 5.41) is 0.108. The van der Waals surface area contributed by atoms with Gasteiger partial charge in [-0.1, -0.05) is 41.9 Å². The maximum absolute atomic E-state index is 13.4. The molecule has 2 N–H and O–H groups in total. The van der Waals surface area contributed by atoms with Crippen LogP contribution in [0.3, 0.4) is 0 Å². The predicted octanol–water partition coefficient (Wildman–Crippen LogP) is 3.95. The first kappa shape index (κ1) is 14.8. The van der Waals surface area contributed by atoms with Gasteiger partial charge in [-0.25, -0.2) is 4.39 Å². The van der Waals surface area contributed by atoms with Crippen molar-refractivity contribution < 1.29 is 9.13 Å². The fourth-order valence-corrected chi connectivity index (χ4v) is 2.16. The van der Waals surface area contributed by atoms with Gasteiger partial charge in [0.1, 0.15) is 18.2 Å². The lowest BCUT2D eigenvalue weighted by atomic mass is 10.1. The van der Waals surface area contributed by atoms with Gasteiger partial charge in [-0.3, -0.25) is 0 Å². The van der Waals surface area contributed by atoms with Crippen LogP contribution in [0.4, 0.5) is 4.39 Å². The molecule has 4 heteroatoms. The molecule has 1 unspecified atom stereocenters. The van der Waals surface area contributed by atoms with E-state index in [2.05, 4.69) is 0 Å². The van der Waals surface area contributed by atoms with Crippen molar-refractivity contribution in [3.05, 3.63) is 64.4 Å². The molecule has 0 aliphatic heterocycles. The Morgan fingerprint density at radius 2 is 1.85 bits per heavy atom. The molecule has 0 aromatic heterocycles. The van der Waals surface area contributed by atoms with E-state index in [-0.39, 0.29) is 17.7 Å². The number of rotatable bonds is 5. The Hall–Kier alpha value is -1.58. The summed E-state index contributed by atoms with van der Waals surface area (Å²) >= 11 is 5.91. The van der Waals surface area contributed by atoms with E-state index in [4.69, 9.17) is 22.1 Å². The molecule has 0 saturated heterocycles. The summed E-state index contributed by atoms with van der Waals surface area (Å²) in [7, 11) is 0. The van der Waals surface area contributed by atoms with Gasteiger partial charge in [0.15, 0.2) is 0 Å². The molecule has 20 heavy (non-hydrogen) atoms. The van der Waals surface area contributed by atoms with Crippen LogP contribution in [-0.2, 0) is 13.0 Å². The molecule has 0 radical (unpaired) electrons. The fourth-order valence-electron chi connectivity index (χ4n) is 1.98. The van der Waals surface area contributed by atoms with E-state index in [1.807, 2.05) is 31.2 Å². The summed E-state index contributed by atoms with van der Waals surface area (Å²) in [6.07, 6.45) is 0.729. The third-order valence-electron chi connectivity index (χ3n) is 2.93. The normalized spacial score (nSPS) is 12.2. The molecule has 0 bridgehead atoms. The Labute approximate surface area is 123 Å². The van der Waals surface area contributed by atoms with Crippen LogP contribution in [0, 0.1) is 5.82 Å². The van der Waals surface area contributed by atoms with Gasteiger partial charge in [-0.15, -0.1) is 0 Å². The second-order valence-electron chi connectivity index (χ2n) is 4.79. The van der Waals surface area contributed by atoms with E-state index >= 15 is 0 Å². The Morgan fingerprint density at radius 3 is 2.60 bits per heavy atom. The lowest BCUT2D eigenvalue weighted by Gasteiger charge is -2.13. The SMILES string of the molecule is CC(N)Cc1ccccc1OCc1cccc(F)c1Cl. The lowest BCUT2D eigenvalue weighted by Crippen LogP contribution is -2.18. The number of hydrogen-bond donors (Lipinski definition) is 1. The van der Waals surface area contributed by atoms with Crippen molar-refractivity contribution in [2.45, 2.75) is 26.0 Å². The van der Waals surface area contributed by atoms with E-state index in [9.17, 15) is 4.39 Å². The largest absolute Gasteiger partial charge is 0.489 e. The van der Waals surface area contributed by atoms with Gasteiger partial charge in [0.25, 0.3) is 0 Å². The predicted molar refractivity (Wildman–Crippen MR) is 79.5 cm³/mol. The third kappa shape index (κ3) is 3.71. The summed E-state index contributed by atoms with van der Waals surface area (Å²) < 4.78 is 19.1. The van der Waals surface area contributed by atoms with Crippen LogP contribution in [0.15, 0.2) is 42.5 Å². The van der Waals surface area contributed by atoms with E-state index in [1.54, 1.807) is 12.1 Å². The first-order valence-electron chi connectivity index (χ1n) is 6.47. The van der Waals surface area contributed by atoms with Crippen LogP contribution in [0.5, 0.6) is 5.75 Å². The van der Waals surface area contributed by atoms with Crippen LogP contribution < -0.4 is 10.5 Å². The highest BCUT2D eigenvalue weighted by Gasteiger charge is 2.09. The number of nitrogens with two attached hydrogens (primary N) is 1. The van der Waals surface area contributed by atoms with Gasteiger partial charge in [-0.2, -0.15) is 0 Å². The van der Waals surface area contributed by atoms with Gasteiger partial charge < -0.3 is 10.5 Å². The summed E-state index contributed by atoms with van der Waals surface area (Å²) in [4.78, 5) is 0. The standard InChI is InChI=1S/C16H17ClFNO/c1-11(19)9-12-5-2-3-8-15(12)20-10-13-6-4-7-14(18)16(13)17/h2-8,11H,9-10,19H2,1H3. The van der Waals surface area contributed by atoms with Gasteiger partial charge in [-0.05, 0) is 31.0 Å². The van der Waals surface area contributed by atoms with Gasteiger partial charge in [0.05, 0.1) is 5.02 Å². The summed E-state index contributed by atoms with van der Waals surface area (Å²) in [5.41, 5.74) is 7.48. The van der Waals surface area contributed by atoms with Crippen LogP contribution in [0.2, 0.25) is 5.02 Å². The van der Waals surface area contributed by atoms with Gasteiger partial charge >= 0.3 is 0 Å². The van der Waals surface area contributed by atoms with Crippen molar-refractivity contribution in [2.75, 3.05) is 0 Å². The second-order valence-corrected chi connectivity index (χ2v) is 5.17. The number of para-hydroxylation sites is 1. The monoisotopic (exact) mass is 293 g/mol. The topological polar surface area (TPSA) is 35.2 Å². The molecular weight excluding hydrogens is 277 g/mol. The highest BCUT2D eigenvalue weighted by atomic mass is 35.5. The molecule has 2 aromatic carbocycles. The highest BCUT2D eigenvalue weighted by Crippen LogP contribution is 2.24. The van der Waals surface area contributed by atoms with Crippen LogP contribution in [-0.4, -0.2) is 6.04 Å². The third-order valence-corrected chi connectivity index (χ3v) is 3.35. The molecular formula is C16H17ClFNO. The van der Waals surface area contributed by atoms with E-state index in [0.717, 1.165) is 17.7 Å². The van der Waals surface area contributed by atoms with Crippen LogP contribution in [0.1, 0.15) is 18.1 Å². The quantitative estimate of drug-likeness (QED) is 0.906. The van der Waals surface area contributed by atoms with Crippen LogP contribution in [0.25, 0.3) is 0 Å². The number of hydrogen-bond acceptors (Lipinski definition) is 2. The summed E-state index contributed by atoms with van der Waals surface area (Å²) in [5.74, 6) is 0.321. The Bertz CT molecular complexity index is 586. The fraction of sp³-hybridized carbons (Fsp3) is 0.250. The molecule has 106 valence electrons.